The highest BCUT2D eigenvalue weighted by Gasteiger charge is 2.37. The Bertz CT molecular complexity index is 1320. The van der Waals surface area contributed by atoms with Gasteiger partial charge in [0.1, 0.15) is 17.1 Å². The molecule has 0 unspecified atom stereocenters. The summed E-state index contributed by atoms with van der Waals surface area (Å²) < 4.78 is 5.74. The Kier molecular flexibility index (Phi) is 5.15. The molecule has 152 valence electrons. The molecule has 0 bridgehead atoms. The molecule has 0 radical (unpaired) electrons. The zero-order chi connectivity index (χ0) is 22.1. The highest BCUT2D eigenvalue weighted by Crippen LogP contribution is 2.30. The zero-order valence-corrected chi connectivity index (χ0v) is 16.9. The second-order valence-corrected chi connectivity index (χ2v) is 7.11. The Morgan fingerprint density at radius 3 is 2.61 bits per heavy atom. The van der Waals surface area contributed by atoms with Crippen LogP contribution in [-0.4, -0.2) is 17.8 Å². The lowest BCUT2D eigenvalue weighted by Crippen LogP contribution is -2.54. The SMILES string of the molecule is Cc1c(Cl)cccc1N1C(=O)NC(=O)/C(=C\c2ccc(-c3ccccc3C#N)o2)C1=O. The number of carbonyl (C=O) groups is 3. The summed E-state index contributed by atoms with van der Waals surface area (Å²) in [6.07, 6.45) is 1.26. The number of halogens is 1. The molecule has 1 N–H and O–H groups in total. The number of barbiturate groups is 1. The molecule has 7 nitrogen and oxygen atoms in total. The number of nitrogens with one attached hydrogen (secondary N) is 1. The molecule has 0 spiro atoms. The zero-order valence-electron chi connectivity index (χ0n) is 16.2. The fraction of sp³-hybridized carbons (Fsp3) is 0.0435. The maximum Gasteiger partial charge on any atom is 0.335 e. The first-order chi connectivity index (χ1) is 14.9. The summed E-state index contributed by atoms with van der Waals surface area (Å²) in [7, 11) is 0. The quantitative estimate of drug-likeness (QED) is 0.487. The van der Waals surface area contributed by atoms with E-state index in [0.29, 0.717) is 27.5 Å². The number of amides is 4. The Morgan fingerprint density at radius 1 is 1.06 bits per heavy atom. The number of furan rings is 1. The van der Waals surface area contributed by atoms with E-state index in [1.165, 1.54) is 6.08 Å². The number of carbonyl (C=O) groups excluding carboxylic acids is 3. The van der Waals surface area contributed by atoms with Gasteiger partial charge in [0.2, 0.25) is 0 Å². The minimum Gasteiger partial charge on any atom is -0.457 e. The molecule has 0 atom stereocenters. The van der Waals surface area contributed by atoms with E-state index in [-0.39, 0.29) is 17.0 Å². The van der Waals surface area contributed by atoms with Gasteiger partial charge in [-0.25, -0.2) is 9.69 Å². The lowest BCUT2D eigenvalue weighted by molar-refractivity contribution is -0.122. The molecule has 2 aromatic carbocycles. The maximum absolute atomic E-state index is 13.0. The molecular formula is C23H14ClN3O4. The predicted molar refractivity (Wildman–Crippen MR) is 114 cm³/mol. The summed E-state index contributed by atoms with van der Waals surface area (Å²) in [6.45, 7) is 1.67. The molecular weight excluding hydrogens is 418 g/mol. The van der Waals surface area contributed by atoms with Gasteiger partial charge < -0.3 is 4.42 Å². The molecule has 1 saturated heterocycles. The minimum absolute atomic E-state index is 0.221. The van der Waals surface area contributed by atoms with Crippen molar-refractivity contribution in [3.05, 3.63) is 82.1 Å². The van der Waals surface area contributed by atoms with E-state index < -0.39 is 17.8 Å². The number of nitrogens with zero attached hydrogens (tertiary/aromatic N) is 2. The normalized spacial score (nSPS) is 15.2. The van der Waals surface area contributed by atoms with Crippen molar-refractivity contribution in [3.8, 4) is 17.4 Å². The molecule has 3 aromatic rings. The third-order valence-electron chi connectivity index (χ3n) is 4.81. The van der Waals surface area contributed by atoms with Gasteiger partial charge in [0, 0.05) is 10.6 Å². The molecule has 8 heteroatoms. The van der Waals surface area contributed by atoms with Crippen molar-refractivity contribution in [1.29, 1.82) is 5.26 Å². The fourth-order valence-corrected chi connectivity index (χ4v) is 3.40. The molecule has 1 aliphatic rings. The summed E-state index contributed by atoms with van der Waals surface area (Å²) >= 11 is 6.12. The van der Waals surface area contributed by atoms with Crippen LogP contribution < -0.4 is 10.2 Å². The van der Waals surface area contributed by atoms with Gasteiger partial charge in [-0.3, -0.25) is 14.9 Å². The molecule has 0 aliphatic carbocycles. The van der Waals surface area contributed by atoms with E-state index >= 15 is 0 Å². The van der Waals surface area contributed by atoms with Gasteiger partial charge >= 0.3 is 6.03 Å². The summed E-state index contributed by atoms with van der Waals surface area (Å²) in [5.74, 6) is -1.000. The lowest BCUT2D eigenvalue weighted by Gasteiger charge is -2.27. The van der Waals surface area contributed by atoms with E-state index in [0.717, 1.165) is 4.90 Å². The summed E-state index contributed by atoms with van der Waals surface area (Å²) in [5.41, 5.74) is 1.54. The van der Waals surface area contributed by atoms with Crippen LogP contribution in [0.1, 0.15) is 16.9 Å². The molecule has 31 heavy (non-hydrogen) atoms. The van der Waals surface area contributed by atoms with Crippen LogP contribution in [0.3, 0.4) is 0 Å². The maximum atomic E-state index is 13.0. The van der Waals surface area contributed by atoms with Gasteiger partial charge in [-0.1, -0.05) is 29.8 Å². The van der Waals surface area contributed by atoms with Crippen LogP contribution in [-0.2, 0) is 9.59 Å². The van der Waals surface area contributed by atoms with Crippen molar-refractivity contribution in [2.45, 2.75) is 6.92 Å². The Labute approximate surface area is 182 Å². The predicted octanol–water partition coefficient (Wildman–Crippen LogP) is 4.45. The van der Waals surface area contributed by atoms with Gasteiger partial charge in [-0.2, -0.15) is 5.26 Å². The largest absolute Gasteiger partial charge is 0.457 e. The number of hydrogen-bond acceptors (Lipinski definition) is 5. The van der Waals surface area contributed by atoms with E-state index in [1.54, 1.807) is 61.5 Å². The summed E-state index contributed by atoms with van der Waals surface area (Å²) in [6, 6.07) is 16.1. The van der Waals surface area contributed by atoms with Crippen LogP contribution in [0.5, 0.6) is 0 Å². The van der Waals surface area contributed by atoms with Crippen molar-refractivity contribution in [2.24, 2.45) is 0 Å². The van der Waals surface area contributed by atoms with Crippen LogP contribution in [0.4, 0.5) is 10.5 Å². The van der Waals surface area contributed by atoms with Gasteiger partial charge in [-0.15, -0.1) is 0 Å². The number of rotatable bonds is 3. The average Bonchev–Trinajstić information content (AvgIpc) is 3.22. The standard InChI is InChI=1S/C23H14ClN3O4/c1-13-18(24)7-4-8-19(13)27-22(29)17(21(28)26-23(27)30)11-15-9-10-20(31-15)16-6-3-2-5-14(16)12-25/h2-11H,1H3,(H,26,28,30)/b17-11+. The molecule has 1 aromatic heterocycles. The van der Waals surface area contributed by atoms with Gasteiger partial charge in [0.05, 0.1) is 17.3 Å². The van der Waals surface area contributed by atoms with Crippen molar-refractivity contribution < 1.29 is 18.8 Å². The highest BCUT2D eigenvalue weighted by atomic mass is 35.5. The highest BCUT2D eigenvalue weighted by molar-refractivity contribution is 6.39. The number of urea groups is 1. The third-order valence-corrected chi connectivity index (χ3v) is 5.22. The summed E-state index contributed by atoms with van der Waals surface area (Å²) in [4.78, 5) is 38.7. The van der Waals surface area contributed by atoms with E-state index in [4.69, 9.17) is 16.0 Å². The average molecular weight is 432 g/mol. The Morgan fingerprint density at radius 2 is 1.84 bits per heavy atom. The lowest BCUT2D eigenvalue weighted by atomic mass is 10.1. The molecule has 0 saturated carbocycles. The Hall–Kier alpha value is -4.15. The van der Waals surface area contributed by atoms with Gasteiger partial charge in [-0.05, 0) is 55.0 Å². The number of benzene rings is 2. The molecule has 4 rings (SSSR count). The molecule has 2 heterocycles. The number of anilines is 1. The van der Waals surface area contributed by atoms with Crippen LogP contribution in [0.15, 0.2) is 64.6 Å². The van der Waals surface area contributed by atoms with Crippen molar-refractivity contribution >= 4 is 41.2 Å². The van der Waals surface area contributed by atoms with Crippen LogP contribution >= 0.6 is 11.6 Å². The second kappa shape index (κ2) is 7.94. The van der Waals surface area contributed by atoms with Crippen molar-refractivity contribution in [1.82, 2.24) is 5.32 Å². The van der Waals surface area contributed by atoms with E-state index in [1.807, 2.05) is 0 Å². The topological polar surface area (TPSA) is 103 Å². The fourth-order valence-electron chi connectivity index (χ4n) is 3.23. The minimum atomic E-state index is -0.861. The first kappa shape index (κ1) is 20.1. The van der Waals surface area contributed by atoms with Gasteiger partial charge in [0.15, 0.2) is 0 Å². The van der Waals surface area contributed by atoms with Crippen molar-refractivity contribution in [3.63, 3.8) is 0 Å². The molecule has 1 fully saturated rings. The smallest absolute Gasteiger partial charge is 0.335 e. The molecule has 1 aliphatic heterocycles. The van der Waals surface area contributed by atoms with E-state index in [9.17, 15) is 19.6 Å². The number of nitriles is 1. The number of imide groups is 2. The second-order valence-electron chi connectivity index (χ2n) is 6.70. The van der Waals surface area contributed by atoms with Crippen molar-refractivity contribution in [2.75, 3.05) is 4.90 Å². The molecule has 4 amide bonds. The third kappa shape index (κ3) is 3.61. The van der Waals surface area contributed by atoms with Crippen LogP contribution in [0.2, 0.25) is 5.02 Å². The summed E-state index contributed by atoms with van der Waals surface area (Å²) in [5, 5.41) is 11.8. The van der Waals surface area contributed by atoms with E-state index in [2.05, 4.69) is 11.4 Å². The van der Waals surface area contributed by atoms with Crippen LogP contribution in [0.25, 0.3) is 17.4 Å². The van der Waals surface area contributed by atoms with Crippen LogP contribution in [0, 0.1) is 18.3 Å². The monoisotopic (exact) mass is 431 g/mol. The first-order valence-electron chi connectivity index (χ1n) is 9.16. The van der Waals surface area contributed by atoms with Gasteiger partial charge in [0.25, 0.3) is 11.8 Å². The number of hydrogen-bond donors (Lipinski definition) is 1. The first-order valence-corrected chi connectivity index (χ1v) is 9.54. The Balaban J connectivity index is 1.72.